The highest BCUT2D eigenvalue weighted by Crippen LogP contribution is 2.33. The molecular formula is C18H18ClN3O2S. The van der Waals surface area contributed by atoms with E-state index in [0.29, 0.717) is 35.8 Å². The number of rotatable bonds is 3. The minimum atomic E-state index is -3.71. The van der Waals surface area contributed by atoms with Crippen molar-refractivity contribution in [3.8, 4) is 6.07 Å². The van der Waals surface area contributed by atoms with Gasteiger partial charge in [0.05, 0.1) is 22.6 Å². The molecule has 5 nitrogen and oxygen atoms in total. The predicted octanol–water partition coefficient (Wildman–Crippen LogP) is 2.86. The molecule has 1 N–H and O–H groups in total. The Balaban J connectivity index is 2.05. The molecule has 1 atom stereocenters. The molecule has 0 bridgehead atoms. The quantitative estimate of drug-likeness (QED) is 0.895. The molecule has 1 aliphatic heterocycles. The second-order valence-electron chi connectivity index (χ2n) is 5.95. The van der Waals surface area contributed by atoms with E-state index in [9.17, 15) is 8.42 Å². The number of nitriles is 1. The highest BCUT2D eigenvalue weighted by Gasteiger charge is 2.36. The zero-order chi connectivity index (χ0) is 18.0. The topological polar surface area (TPSA) is 73.2 Å². The van der Waals surface area contributed by atoms with Crippen LogP contribution in [-0.2, 0) is 10.0 Å². The molecule has 0 radical (unpaired) electrons. The van der Waals surface area contributed by atoms with Crippen LogP contribution in [0.3, 0.4) is 0 Å². The molecule has 1 unspecified atom stereocenters. The van der Waals surface area contributed by atoms with Crippen LogP contribution in [0.25, 0.3) is 0 Å². The van der Waals surface area contributed by atoms with Crippen LogP contribution >= 0.6 is 11.6 Å². The Labute approximate surface area is 152 Å². The van der Waals surface area contributed by atoms with E-state index in [1.165, 1.54) is 16.4 Å². The van der Waals surface area contributed by atoms with Gasteiger partial charge in [-0.2, -0.15) is 9.57 Å². The summed E-state index contributed by atoms with van der Waals surface area (Å²) in [6.45, 7) is 3.14. The molecule has 130 valence electrons. The maximum absolute atomic E-state index is 13.3. The van der Waals surface area contributed by atoms with Gasteiger partial charge in [-0.1, -0.05) is 29.8 Å². The van der Waals surface area contributed by atoms with Crippen molar-refractivity contribution in [2.45, 2.75) is 17.9 Å². The fraction of sp³-hybridized carbons (Fsp3) is 0.278. The average molecular weight is 376 g/mol. The SMILES string of the molecule is Cc1cc(C#N)ccc1S(=O)(=O)N1CCNCC1c1ccccc1Cl. The van der Waals surface area contributed by atoms with Gasteiger partial charge in [0.1, 0.15) is 0 Å². The van der Waals surface area contributed by atoms with Crippen LogP contribution in [0.5, 0.6) is 0 Å². The van der Waals surface area contributed by atoms with Crippen molar-refractivity contribution in [2.24, 2.45) is 0 Å². The van der Waals surface area contributed by atoms with Gasteiger partial charge in [-0.25, -0.2) is 8.42 Å². The summed E-state index contributed by atoms with van der Waals surface area (Å²) in [4.78, 5) is 0.227. The van der Waals surface area contributed by atoms with E-state index in [0.717, 1.165) is 5.56 Å². The fourth-order valence-corrected chi connectivity index (χ4v) is 5.19. The monoisotopic (exact) mass is 375 g/mol. The van der Waals surface area contributed by atoms with E-state index >= 15 is 0 Å². The molecular weight excluding hydrogens is 358 g/mol. The summed E-state index contributed by atoms with van der Waals surface area (Å²) < 4.78 is 28.0. The Morgan fingerprint density at radius 2 is 2.04 bits per heavy atom. The number of nitrogens with zero attached hydrogens (tertiary/aromatic N) is 2. The zero-order valence-corrected chi connectivity index (χ0v) is 15.3. The lowest BCUT2D eigenvalue weighted by Gasteiger charge is -2.36. The smallest absolute Gasteiger partial charge is 0.243 e. The maximum atomic E-state index is 13.3. The summed E-state index contributed by atoms with van der Waals surface area (Å²) in [7, 11) is -3.71. The molecule has 0 spiro atoms. The van der Waals surface area contributed by atoms with E-state index in [1.807, 2.05) is 24.3 Å². The Kier molecular flexibility index (Phi) is 5.11. The summed E-state index contributed by atoms with van der Waals surface area (Å²) in [5.41, 5.74) is 1.79. The first-order chi connectivity index (χ1) is 11.9. The summed E-state index contributed by atoms with van der Waals surface area (Å²) in [6, 6.07) is 13.6. The number of halogens is 1. The minimum absolute atomic E-state index is 0.227. The molecule has 25 heavy (non-hydrogen) atoms. The number of benzene rings is 2. The van der Waals surface area contributed by atoms with Crippen molar-refractivity contribution in [1.82, 2.24) is 9.62 Å². The molecule has 0 aliphatic carbocycles. The lowest BCUT2D eigenvalue weighted by molar-refractivity contribution is 0.271. The van der Waals surface area contributed by atoms with Crippen molar-refractivity contribution < 1.29 is 8.42 Å². The van der Waals surface area contributed by atoms with Gasteiger partial charge in [0.15, 0.2) is 0 Å². The number of nitrogens with one attached hydrogen (secondary N) is 1. The Bertz CT molecular complexity index is 938. The van der Waals surface area contributed by atoms with Crippen LogP contribution < -0.4 is 5.32 Å². The lowest BCUT2D eigenvalue weighted by atomic mass is 10.1. The Morgan fingerprint density at radius 1 is 1.28 bits per heavy atom. The zero-order valence-electron chi connectivity index (χ0n) is 13.7. The molecule has 0 saturated carbocycles. The normalized spacial score (nSPS) is 18.7. The van der Waals surface area contributed by atoms with Crippen molar-refractivity contribution >= 4 is 21.6 Å². The van der Waals surface area contributed by atoms with Crippen molar-refractivity contribution in [3.63, 3.8) is 0 Å². The number of hydrogen-bond acceptors (Lipinski definition) is 4. The van der Waals surface area contributed by atoms with Gasteiger partial charge in [0.25, 0.3) is 0 Å². The predicted molar refractivity (Wildman–Crippen MR) is 96.8 cm³/mol. The molecule has 2 aromatic rings. The summed E-state index contributed by atoms with van der Waals surface area (Å²) in [6.07, 6.45) is 0. The van der Waals surface area contributed by atoms with Crippen LogP contribution in [-0.4, -0.2) is 32.4 Å². The van der Waals surface area contributed by atoms with Gasteiger partial charge >= 0.3 is 0 Å². The molecule has 1 saturated heterocycles. The summed E-state index contributed by atoms with van der Waals surface area (Å²) >= 11 is 6.30. The first-order valence-electron chi connectivity index (χ1n) is 7.93. The molecule has 7 heteroatoms. The van der Waals surface area contributed by atoms with Crippen molar-refractivity contribution in [1.29, 1.82) is 5.26 Å². The standard InChI is InChI=1S/C18H18ClN3O2S/c1-13-10-14(11-20)6-7-18(13)25(23,24)22-9-8-21-12-17(22)15-4-2-3-5-16(15)19/h2-7,10,17,21H,8-9,12H2,1H3. The highest BCUT2D eigenvalue weighted by molar-refractivity contribution is 7.89. The third kappa shape index (κ3) is 3.42. The number of piperazine rings is 1. The van der Waals surface area contributed by atoms with Crippen LogP contribution in [0.2, 0.25) is 5.02 Å². The molecule has 1 heterocycles. The van der Waals surface area contributed by atoms with E-state index in [2.05, 4.69) is 5.32 Å². The van der Waals surface area contributed by atoms with E-state index in [1.54, 1.807) is 19.1 Å². The van der Waals surface area contributed by atoms with Gasteiger partial charge in [-0.05, 0) is 42.3 Å². The van der Waals surface area contributed by atoms with Crippen molar-refractivity contribution in [3.05, 3.63) is 64.2 Å². The third-order valence-corrected chi connectivity index (χ3v) is 6.76. The third-order valence-electron chi connectivity index (χ3n) is 4.35. The van der Waals surface area contributed by atoms with Crippen LogP contribution in [0, 0.1) is 18.3 Å². The fourth-order valence-electron chi connectivity index (χ4n) is 3.12. The summed E-state index contributed by atoms with van der Waals surface area (Å²) in [5.74, 6) is 0. The van der Waals surface area contributed by atoms with Gasteiger partial charge < -0.3 is 5.32 Å². The molecule has 0 aromatic heterocycles. The highest BCUT2D eigenvalue weighted by atomic mass is 35.5. The summed E-state index contributed by atoms with van der Waals surface area (Å²) in [5, 5.41) is 12.8. The van der Waals surface area contributed by atoms with Gasteiger partial charge in [0, 0.05) is 24.7 Å². The first kappa shape index (κ1) is 17.9. The van der Waals surface area contributed by atoms with Gasteiger partial charge in [-0.15, -0.1) is 0 Å². The number of aryl methyl sites for hydroxylation is 1. The van der Waals surface area contributed by atoms with Gasteiger partial charge in [0.2, 0.25) is 10.0 Å². The van der Waals surface area contributed by atoms with Crippen LogP contribution in [0.1, 0.15) is 22.7 Å². The molecule has 1 aliphatic rings. The van der Waals surface area contributed by atoms with Crippen molar-refractivity contribution in [2.75, 3.05) is 19.6 Å². The van der Waals surface area contributed by atoms with Gasteiger partial charge in [-0.3, -0.25) is 0 Å². The number of hydrogen-bond donors (Lipinski definition) is 1. The second-order valence-corrected chi connectivity index (χ2v) is 8.22. The second kappa shape index (κ2) is 7.14. The molecule has 3 rings (SSSR count). The maximum Gasteiger partial charge on any atom is 0.243 e. The first-order valence-corrected chi connectivity index (χ1v) is 9.74. The largest absolute Gasteiger partial charge is 0.313 e. The van der Waals surface area contributed by atoms with E-state index in [-0.39, 0.29) is 10.9 Å². The lowest BCUT2D eigenvalue weighted by Crippen LogP contribution is -2.48. The molecule has 1 fully saturated rings. The Morgan fingerprint density at radius 3 is 2.72 bits per heavy atom. The number of sulfonamides is 1. The van der Waals surface area contributed by atoms with E-state index in [4.69, 9.17) is 16.9 Å². The van der Waals surface area contributed by atoms with E-state index < -0.39 is 10.0 Å². The molecule has 2 aromatic carbocycles. The average Bonchev–Trinajstić information content (AvgIpc) is 2.61. The Hall–Kier alpha value is -1.91. The van der Waals surface area contributed by atoms with Crippen LogP contribution in [0.4, 0.5) is 0 Å². The molecule has 0 amide bonds. The minimum Gasteiger partial charge on any atom is -0.313 e. The van der Waals surface area contributed by atoms with Crippen LogP contribution in [0.15, 0.2) is 47.4 Å².